The van der Waals surface area contributed by atoms with Crippen molar-refractivity contribution < 1.29 is 18.1 Å². The molecular weight excluding hydrogens is 377 g/mol. The van der Waals surface area contributed by atoms with E-state index in [1.165, 1.54) is 13.0 Å². The third-order valence-corrected chi connectivity index (χ3v) is 3.67. The number of nitro benzene ring substituents is 1. The van der Waals surface area contributed by atoms with Gasteiger partial charge in [-0.3, -0.25) is 10.1 Å². The maximum atomic E-state index is 12.5. The first-order chi connectivity index (χ1) is 10.5. The minimum absolute atomic E-state index is 0.111. The smallest absolute Gasteiger partial charge is 0.365 e. The summed E-state index contributed by atoms with van der Waals surface area (Å²) in [6.07, 6.45) is -5.15. The lowest BCUT2D eigenvalue weighted by molar-refractivity contribution is -0.384. The molecule has 130 valence electrons. The van der Waals surface area contributed by atoms with Gasteiger partial charge < -0.3 is 4.90 Å². The van der Waals surface area contributed by atoms with Crippen molar-refractivity contribution in [2.75, 3.05) is 18.0 Å². The van der Waals surface area contributed by atoms with Gasteiger partial charge in [-0.25, -0.2) is 0 Å². The topological polar surface area (TPSA) is 46.4 Å². The molecule has 0 heterocycles. The second kappa shape index (κ2) is 7.99. The Morgan fingerprint density at radius 2 is 1.87 bits per heavy atom. The maximum Gasteiger partial charge on any atom is 0.389 e. The maximum absolute atomic E-state index is 12.5. The lowest BCUT2D eigenvalue weighted by Gasteiger charge is -2.29. The summed E-state index contributed by atoms with van der Waals surface area (Å²) < 4.78 is 38.2. The van der Waals surface area contributed by atoms with Crippen LogP contribution < -0.4 is 4.90 Å². The Bertz CT molecular complexity index is 550. The Morgan fingerprint density at radius 3 is 2.35 bits per heavy atom. The van der Waals surface area contributed by atoms with Crippen LogP contribution in [-0.4, -0.2) is 24.2 Å². The van der Waals surface area contributed by atoms with Crippen LogP contribution in [0.4, 0.5) is 24.5 Å². The van der Waals surface area contributed by atoms with Crippen molar-refractivity contribution in [3.63, 3.8) is 0 Å². The molecule has 0 aliphatic carbocycles. The average Bonchev–Trinajstić information content (AvgIpc) is 2.34. The fourth-order valence-corrected chi connectivity index (χ4v) is 2.81. The van der Waals surface area contributed by atoms with Gasteiger partial charge in [0.2, 0.25) is 0 Å². The standard InChI is InChI=1S/C15H20BrF3N2O2/c1-10(2)8-20(9-11(3)7-15(17,18)19)13-5-4-12(16)6-14(13)21(22)23/h4-6,10-11H,7-9H2,1-3H3. The van der Waals surface area contributed by atoms with Gasteiger partial charge >= 0.3 is 6.18 Å². The van der Waals surface area contributed by atoms with E-state index in [9.17, 15) is 23.3 Å². The van der Waals surface area contributed by atoms with Gasteiger partial charge in [0.25, 0.3) is 5.69 Å². The number of hydrogen-bond donors (Lipinski definition) is 0. The lowest BCUT2D eigenvalue weighted by atomic mass is 10.0. The van der Waals surface area contributed by atoms with E-state index in [1.54, 1.807) is 17.0 Å². The fourth-order valence-electron chi connectivity index (χ4n) is 2.46. The number of alkyl halides is 3. The van der Waals surface area contributed by atoms with Crippen LogP contribution in [0.15, 0.2) is 22.7 Å². The van der Waals surface area contributed by atoms with Gasteiger partial charge in [-0.2, -0.15) is 13.2 Å². The molecule has 8 heteroatoms. The molecule has 0 bridgehead atoms. The molecule has 0 aliphatic heterocycles. The monoisotopic (exact) mass is 396 g/mol. The van der Waals surface area contributed by atoms with Gasteiger partial charge in [-0.15, -0.1) is 0 Å². The highest BCUT2D eigenvalue weighted by molar-refractivity contribution is 9.10. The van der Waals surface area contributed by atoms with Gasteiger partial charge in [0, 0.05) is 30.0 Å². The Balaban J connectivity index is 3.09. The quantitative estimate of drug-likeness (QED) is 0.457. The van der Waals surface area contributed by atoms with Crippen LogP contribution in [0.2, 0.25) is 0 Å². The Morgan fingerprint density at radius 1 is 1.26 bits per heavy atom. The molecule has 23 heavy (non-hydrogen) atoms. The van der Waals surface area contributed by atoms with Crippen molar-refractivity contribution in [1.82, 2.24) is 0 Å². The molecule has 1 aromatic rings. The van der Waals surface area contributed by atoms with Gasteiger partial charge in [0.05, 0.1) is 4.92 Å². The van der Waals surface area contributed by atoms with Crippen LogP contribution >= 0.6 is 15.9 Å². The summed E-state index contributed by atoms with van der Waals surface area (Å²) in [5.41, 5.74) is 0.236. The van der Waals surface area contributed by atoms with Crippen LogP contribution in [-0.2, 0) is 0 Å². The van der Waals surface area contributed by atoms with Crippen LogP contribution in [0.1, 0.15) is 27.2 Å². The molecule has 0 saturated heterocycles. The highest BCUT2D eigenvalue weighted by Crippen LogP contribution is 2.33. The predicted molar refractivity (Wildman–Crippen MR) is 87.7 cm³/mol. The van der Waals surface area contributed by atoms with E-state index in [1.807, 2.05) is 13.8 Å². The van der Waals surface area contributed by atoms with E-state index < -0.39 is 23.4 Å². The van der Waals surface area contributed by atoms with Crippen molar-refractivity contribution in [2.24, 2.45) is 11.8 Å². The molecular formula is C15H20BrF3N2O2. The van der Waals surface area contributed by atoms with E-state index in [4.69, 9.17) is 0 Å². The number of anilines is 1. The fraction of sp³-hybridized carbons (Fsp3) is 0.600. The third kappa shape index (κ3) is 6.76. The molecule has 0 spiro atoms. The molecule has 0 N–H and O–H groups in total. The van der Waals surface area contributed by atoms with Crippen molar-refractivity contribution in [1.29, 1.82) is 0 Å². The molecule has 1 atom stereocenters. The number of nitro groups is 1. The number of hydrogen-bond acceptors (Lipinski definition) is 3. The van der Waals surface area contributed by atoms with Gasteiger partial charge in [0.15, 0.2) is 0 Å². The second-order valence-corrected chi connectivity index (χ2v) is 7.03. The molecule has 0 amide bonds. The van der Waals surface area contributed by atoms with Crippen LogP contribution in [0.5, 0.6) is 0 Å². The largest absolute Gasteiger partial charge is 0.389 e. The summed E-state index contributed by atoms with van der Waals surface area (Å²) in [5, 5.41) is 11.3. The van der Waals surface area contributed by atoms with E-state index in [-0.39, 0.29) is 18.2 Å². The second-order valence-electron chi connectivity index (χ2n) is 6.11. The number of rotatable bonds is 7. The van der Waals surface area contributed by atoms with Gasteiger partial charge in [-0.1, -0.05) is 36.7 Å². The summed E-state index contributed by atoms with van der Waals surface area (Å²) in [6, 6.07) is 4.60. The summed E-state index contributed by atoms with van der Waals surface area (Å²) in [6.45, 7) is 5.91. The van der Waals surface area contributed by atoms with E-state index in [2.05, 4.69) is 15.9 Å². The van der Waals surface area contributed by atoms with Crippen LogP contribution in [0.25, 0.3) is 0 Å². The minimum atomic E-state index is -4.24. The highest BCUT2D eigenvalue weighted by Gasteiger charge is 2.31. The summed E-state index contributed by atoms with van der Waals surface area (Å²) in [7, 11) is 0. The van der Waals surface area contributed by atoms with Crippen molar-refractivity contribution in [2.45, 2.75) is 33.4 Å². The Labute approximate surface area is 141 Å². The molecule has 0 aliphatic rings. The lowest BCUT2D eigenvalue weighted by Crippen LogP contribution is -2.34. The molecule has 1 aromatic carbocycles. The van der Waals surface area contributed by atoms with E-state index >= 15 is 0 Å². The zero-order chi connectivity index (χ0) is 17.8. The van der Waals surface area contributed by atoms with Crippen LogP contribution in [0.3, 0.4) is 0 Å². The van der Waals surface area contributed by atoms with Gasteiger partial charge in [-0.05, 0) is 24.0 Å². The van der Waals surface area contributed by atoms with Crippen molar-refractivity contribution in [3.8, 4) is 0 Å². The molecule has 0 fully saturated rings. The molecule has 0 aromatic heterocycles. The number of benzene rings is 1. The first-order valence-corrected chi connectivity index (χ1v) is 8.04. The van der Waals surface area contributed by atoms with Crippen molar-refractivity contribution in [3.05, 3.63) is 32.8 Å². The normalized spacial score (nSPS) is 13.2. The summed E-state index contributed by atoms with van der Waals surface area (Å²) in [4.78, 5) is 12.4. The molecule has 0 saturated carbocycles. The summed E-state index contributed by atoms with van der Waals surface area (Å²) in [5.74, 6) is -0.492. The van der Waals surface area contributed by atoms with Crippen molar-refractivity contribution >= 4 is 27.3 Å². The average molecular weight is 397 g/mol. The van der Waals surface area contributed by atoms with E-state index in [0.717, 1.165) is 0 Å². The zero-order valence-corrected chi connectivity index (χ0v) is 14.8. The van der Waals surface area contributed by atoms with Crippen LogP contribution in [0, 0.1) is 22.0 Å². The number of nitrogens with zero attached hydrogens (tertiary/aromatic N) is 2. The Kier molecular flexibility index (Phi) is 6.85. The molecule has 4 nitrogen and oxygen atoms in total. The van der Waals surface area contributed by atoms with E-state index in [0.29, 0.717) is 16.7 Å². The first kappa shape index (κ1) is 19.7. The predicted octanol–water partition coefficient (Wildman–Crippen LogP) is 5.41. The SMILES string of the molecule is CC(C)CN(CC(C)CC(F)(F)F)c1ccc(Br)cc1[N+](=O)[O-]. The zero-order valence-electron chi connectivity index (χ0n) is 13.2. The summed E-state index contributed by atoms with van der Waals surface area (Å²) >= 11 is 3.18. The minimum Gasteiger partial charge on any atom is -0.365 e. The van der Waals surface area contributed by atoms with Gasteiger partial charge in [0.1, 0.15) is 5.69 Å². The Hall–Kier alpha value is -1.31. The number of halogens is 4. The molecule has 1 unspecified atom stereocenters. The molecule has 1 rings (SSSR count). The first-order valence-electron chi connectivity index (χ1n) is 7.25. The third-order valence-electron chi connectivity index (χ3n) is 3.17. The molecule has 0 radical (unpaired) electrons. The highest BCUT2D eigenvalue weighted by atomic mass is 79.9.